The molecule has 0 saturated heterocycles. The van der Waals surface area contributed by atoms with Gasteiger partial charge in [-0.05, 0) is 42.0 Å². The molecular weight excluding hydrogens is 286 g/mol. The van der Waals surface area contributed by atoms with Crippen molar-refractivity contribution < 1.29 is 9.53 Å². The van der Waals surface area contributed by atoms with Crippen LogP contribution in [0.5, 0.6) is 5.75 Å². The average molecular weight is 303 g/mol. The second kappa shape index (κ2) is 6.79. The smallest absolute Gasteiger partial charge is 0.195 e. The summed E-state index contributed by atoms with van der Waals surface area (Å²) >= 11 is 0. The van der Waals surface area contributed by atoms with Gasteiger partial charge < -0.3 is 10.5 Å². The minimum absolute atomic E-state index is 0.0855. The highest BCUT2D eigenvalue weighted by atomic mass is 16.5. The number of hydrogen-bond acceptors (Lipinski definition) is 3. The lowest BCUT2D eigenvalue weighted by Crippen LogP contribution is -2.05. The first-order valence-electron chi connectivity index (χ1n) is 7.40. The topological polar surface area (TPSA) is 52.3 Å². The first-order chi connectivity index (χ1) is 11.2. The zero-order valence-corrected chi connectivity index (χ0v) is 12.6. The molecule has 2 N–H and O–H groups in total. The Morgan fingerprint density at radius 2 is 1.48 bits per heavy atom. The zero-order valence-electron chi connectivity index (χ0n) is 12.6. The Hall–Kier alpha value is -3.07. The molecule has 0 aliphatic heterocycles. The van der Waals surface area contributed by atoms with Crippen molar-refractivity contribution in [1.29, 1.82) is 0 Å². The monoisotopic (exact) mass is 303 g/mol. The molecule has 0 spiro atoms. The summed E-state index contributed by atoms with van der Waals surface area (Å²) in [6.07, 6.45) is 0. The van der Waals surface area contributed by atoms with Gasteiger partial charge in [-0.1, -0.05) is 42.5 Å². The van der Waals surface area contributed by atoms with Gasteiger partial charge in [-0.25, -0.2) is 0 Å². The van der Waals surface area contributed by atoms with Gasteiger partial charge in [0.25, 0.3) is 0 Å². The molecule has 0 aliphatic rings. The third-order valence-corrected chi connectivity index (χ3v) is 3.57. The summed E-state index contributed by atoms with van der Waals surface area (Å²) < 4.78 is 5.72. The van der Waals surface area contributed by atoms with Crippen molar-refractivity contribution in [2.24, 2.45) is 0 Å². The molecule has 3 aromatic carbocycles. The van der Waals surface area contributed by atoms with E-state index in [-0.39, 0.29) is 5.78 Å². The molecule has 0 aromatic heterocycles. The second-order valence-corrected chi connectivity index (χ2v) is 5.22. The minimum Gasteiger partial charge on any atom is -0.489 e. The zero-order chi connectivity index (χ0) is 16.1. The Kier molecular flexibility index (Phi) is 4.39. The molecule has 0 amide bonds. The fourth-order valence-electron chi connectivity index (χ4n) is 2.30. The van der Waals surface area contributed by atoms with Crippen LogP contribution in [0.4, 0.5) is 5.69 Å². The normalized spacial score (nSPS) is 10.3. The van der Waals surface area contributed by atoms with Crippen LogP contribution < -0.4 is 10.5 Å². The maximum absolute atomic E-state index is 12.4. The fourth-order valence-corrected chi connectivity index (χ4v) is 2.30. The quantitative estimate of drug-likeness (QED) is 0.571. The molecule has 3 aromatic rings. The number of rotatable bonds is 5. The molecule has 3 nitrogen and oxygen atoms in total. The number of nitrogen functional groups attached to an aromatic ring is 1. The molecule has 3 rings (SSSR count). The van der Waals surface area contributed by atoms with Crippen molar-refractivity contribution in [3.63, 3.8) is 0 Å². The highest BCUT2D eigenvalue weighted by Gasteiger charge is 2.11. The van der Waals surface area contributed by atoms with Gasteiger partial charge >= 0.3 is 0 Å². The van der Waals surface area contributed by atoms with Crippen LogP contribution in [0, 0.1) is 0 Å². The maximum atomic E-state index is 12.4. The van der Waals surface area contributed by atoms with Crippen LogP contribution in [-0.4, -0.2) is 5.78 Å². The van der Waals surface area contributed by atoms with Crippen molar-refractivity contribution in [2.75, 3.05) is 5.73 Å². The van der Waals surface area contributed by atoms with Crippen molar-refractivity contribution in [2.45, 2.75) is 6.61 Å². The number of ether oxygens (including phenoxy) is 1. The van der Waals surface area contributed by atoms with E-state index >= 15 is 0 Å². The molecule has 0 bridgehead atoms. The number of nitrogens with two attached hydrogens (primary N) is 1. The number of carbonyl (C=O) groups excluding carboxylic acids is 1. The molecule has 0 fully saturated rings. The van der Waals surface area contributed by atoms with Gasteiger partial charge in [-0.2, -0.15) is 0 Å². The van der Waals surface area contributed by atoms with E-state index in [9.17, 15) is 4.79 Å². The first kappa shape index (κ1) is 14.9. The lowest BCUT2D eigenvalue weighted by molar-refractivity contribution is 0.103. The van der Waals surface area contributed by atoms with Crippen LogP contribution in [0.15, 0.2) is 78.9 Å². The largest absolute Gasteiger partial charge is 0.489 e. The van der Waals surface area contributed by atoms with Gasteiger partial charge in [0.05, 0.1) is 0 Å². The Bertz CT molecular complexity index is 795. The summed E-state index contributed by atoms with van der Waals surface area (Å²) in [5, 5.41) is 0. The number of para-hydroxylation sites is 1. The summed E-state index contributed by atoms with van der Waals surface area (Å²) in [5.41, 5.74) is 8.56. The standard InChI is InChI=1S/C20H17NO2/c21-19-9-5-4-8-18(19)20(22)16-10-12-17(13-11-16)23-14-15-6-2-1-3-7-15/h1-13H,14,21H2. The number of carbonyl (C=O) groups is 1. The summed E-state index contributed by atoms with van der Waals surface area (Å²) in [4.78, 5) is 12.4. The lowest BCUT2D eigenvalue weighted by Gasteiger charge is -2.08. The predicted octanol–water partition coefficient (Wildman–Crippen LogP) is 4.08. The summed E-state index contributed by atoms with van der Waals surface area (Å²) in [6.45, 7) is 0.500. The van der Waals surface area contributed by atoms with E-state index < -0.39 is 0 Å². The molecule has 0 aliphatic carbocycles. The van der Waals surface area contributed by atoms with Crippen LogP contribution >= 0.6 is 0 Å². The molecule has 0 heterocycles. The van der Waals surface area contributed by atoms with Crippen molar-refractivity contribution in [3.8, 4) is 5.75 Å². The Morgan fingerprint density at radius 1 is 0.826 bits per heavy atom. The Balaban J connectivity index is 1.70. The van der Waals surface area contributed by atoms with E-state index in [1.807, 2.05) is 36.4 Å². The average Bonchev–Trinajstić information content (AvgIpc) is 2.61. The molecule has 0 radical (unpaired) electrons. The van der Waals surface area contributed by atoms with E-state index in [4.69, 9.17) is 10.5 Å². The van der Waals surface area contributed by atoms with Gasteiger partial charge in [0.15, 0.2) is 5.78 Å². The predicted molar refractivity (Wildman–Crippen MR) is 91.5 cm³/mol. The van der Waals surface area contributed by atoms with Crippen LogP contribution in [-0.2, 0) is 6.61 Å². The molecule has 0 atom stereocenters. The molecule has 3 heteroatoms. The van der Waals surface area contributed by atoms with Crippen LogP contribution in [0.2, 0.25) is 0 Å². The van der Waals surface area contributed by atoms with E-state index in [0.717, 1.165) is 11.3 Å². The van der Waals surface area contributed by atoms with Crippen molar-refractivity contribution >= 4 is 11.5 Å². The SMILES string of the molecule is Nc1ccccc1C(=O)c1ccc(OCc2ccccc2)cc1. The lowest BCUT2D eigenvalue weighted by atomic mass is 10.0. The number of anilines is 1. The van der Waals surface area contributed by atoms with Gasteiger partial charge in [0.1, 0.15) is 12.4 Å². The van der Waals surface area contributed by atoms with Gasteiger partial charge in [-0.15, -0.1) is 0 Å². The van der Waals surface area contributed by atoms with Crippen molar-refractivity contribution in [1.82, 2.24) is 0 Å². The highest BCUT2D eigenvalue weighted by molar-refractivity contribution is 6.12. The van der Waals surface area contributed by atoms with Gasteiger partial charge in [0, 0.05) is 16.8 Å². The summed E-state index contributed by atoms with van der Waals surface area (Å²) in [5.74, 6) is 0.643. The van der Waals surface area contributed by atoms with E-state index in [1.165, 1.54) is 0 Å². The molecule has 0 saturated carbocycles. The van der Waals surface area contributed by atoms with Crippen LogP contribution in [0.3, 0.4) is 0 Å². The highest BCUT2D eigenvalue weighted by Crippen LogP contribution is 2.19. The Morgan fingerprint density at radius 3 is 2.17 bits per heavy atom. The van der Waals surface area contributed by atoms with E-state index in [0.29, 0.717) is 23.4 Å². The van der Waals surface area contributed by atoms with Crippen LogP contribution in [0.25, 0.3) is 0 Å². The third kappa shape index (κ3) is 3.58. The fraction of sp³-hybridized carbons (Fsp3) is 0.0500. The Labute approximate surface area is 135 Å². The van der Waals surface area contributed by atoms with Crippen molar-refractivity contribution in [3.05, 3.63) is 95.6 Å². The summed E-state index contributed by atoms with van der Waals surface area (Å²) in [6, 6.07) is 24.1. The number of benzene rings is 3. The first-order valence-corrected chi connectivity index (χ1v) is 7.40. The molecular formula is C20H17NO2. The van der Waals surface area contributed by atoms with Gasteiger partial charge in [-0.3, -0.25) is 4.79 Å². The number of ketones is 1. The van der Waals surface area contributed by atoms with Gasteiger partial charge in [0.2, 0.25) is 0 Å². The van der Waals surface area contributed by atoms with E-state index in [1.54, 1.807) is 42.5 Å². The van der Waals surface area contributed by atoms with E-state index in [2.05, 4.69) is 0 Å². The molecule has 23 heavy (non-hydrogen) atoms. The summed E-state index contributed by atoms with van der Waals surface area (Å²) in [7, 11) is 0. The molecule has 0 unspecified atom stereocenters. The minimum atomic E-state index is -0.0855. The molecule has 114 valence electrons. The van der Waals surface area contributed by atoms with Crippen LogP contribution in [0.1, 0.15) is 21.5 Å². The second-order valence-electron chi connectivity index (χ2n) is 5.22. The number of hydrogen-bond donors (Lipinski definition) is 1. The third-order valence-electron chi connectivity index (χ3n) is 3.57. The maximum Gasteiger partial charge on any atom is 0.195 e.